The Hall–Kier alpha value is -1.15. The van der Waals surface area contributed by atoms with Gasteiger partial charge in [-0.3, -0.25) is 0 Å². The van der Waals surface area contributed by atoms with E-state index < -0.39 is 0 Å². The maximum Gasteiger partial charge on any atom is 0.128 e. The van der Waals surface area contributed by atoms with Gasteiger partial charge in [-0.1, -0.05) is 17.7 Å². The first-order valence-corrected chi connectivity index (χ1v) is 6.78. The summed E-state index contributed by atoms with van der Waals surface area (Å²) in [5, 5.41) is 0. The zero-order chi connectivity index (χ0) is 13.1. The smallest absolute Gasteiger partial charge is 0.128 e. The summed E-state index contributed by atoms with van der Waals surface area (Å²) in [7, 11) is 0. The largest absolute Gasteiger partial charge is 0.324 e. The Labute approximate surface area is 109 Å². The van der Waals surface area contributed by atoms with Crippen molar-refractivity contribution in [3.8, 4) is 0 Å². The maximum absolute atomic E-state index is 14.0. The molecule has 98 valence electrons. The van der Waals surface area contributed by atoms with Crippen LogP contribution >= 0.6 is 0 Å². The first-order chi connectivity index (χ1) is 8.58. The van der Waals surface area contributed by atoms with Gasteiger partial charge in [0.2, 0.25) is 0 Å². The van der Waals surface area contributed by atoms with Crippen molar-refractivity contribution in [2.24, 2.45) is 5.73 Å². The van der Waals surface area contributed by atoms with E-state index in [4.69, 9.17) is 5.73 Å². The lowest BCUT2D eigenvalue weighted by molar-refractivity contribution is 0.564. The molecule has 1 aromatic rings. The summed E-state index contributed by atoms with van der Waals surface area (Å²) in [6, 6.07) is 3.38. The predicted molar refractivity (Wildman–Crippen MR) is 74.0 cm³/mol. The Bertz CT molecular complexity index is 439. The minimum absolute atomic E-state index is 0.156. The first-order valence-electron chi connectivity index (χ1n) is 6.78. The van der Waals surface area contributed by atoms with Crippen LogP contribution in [0.25, 0.3) is 0 Å². The molecule has 0 saturated heterocycles. The van der Waals surface area contributed by atoms with Gasteiger partial charge in [0.1, 0.15) is 5.82 Å². The quantitative estimate of drug-likeness (QED) is 0.790. The highest BCUT2D eigenvalue weighted by atomic mass is 19.1. The Balaban J connectivity index is 2.18. The molecule has 0 spiro atoms. The van der Waals surface area contributed by atoms with Crippen LogP contribution < -0.4 is 5.73 Å². The monoisotopic (exact) mass is 247 g/mol. The molecule has 0 radical (unpaired) electrons. The summed E-state index contributed by atoms with van der Waals surface area (Å²) in [5.41, 5.74) is 10.2. The molecule has 2 N–H and O–H groups in total. The molecule has 2 rings (SSSR count). The minimum Gasteiger partial charge on any atom is -0.324 e. The zero-order valence-corrected chi connectivity index (χ0v) is 11.3. The van der Waals surface area contributed by atoms with Gasteiger partial charge in [-0.25, -0.2) is 4.39 Å². The number of benzene rings is 1. The fraction of sp³-hybridized carbons (Fsp3) is 0.500. The maximum atomic E-state index is 14.0. The molecule has 18 heavy (non-hydrogen) atoms. The van der Waals surface area contributed by atoms with Gasteiger partial charge in [-0.15, -0.1) is 0 Å². The lowest BCUT2D eigenvalue weighted by atomic mass is 9.90. The van der Waals surface area contributed by atoms with Gasteiger partial charge in [0, 0.05) is 11.6 Å². The van der Waals surface area contributed by atoms with Crippen LogP contribution in [0.1, 0.15) is 54.8 Å². The first kappa shape index (κ1) is 13.3. The van der Waals surface area contributed by atoms with E-state index >= 15 is 0 Å². The van der Waals surface area contributed by atoms with Gasteiger partial charge >= 0.3 is 0 Å². The molecule has 1 nitrogen and oxygen atoms in total. The molecule has 0 heterocycles. The summed E-state index contributed by atoms with van der Waals surface area (Å²) in [4.78, 5) is 0. The molecular weight excluding hydrogens is 225 g/mol. The van der Waals surface area contributed by atoms with Crippen LogP contribution in [-0.2, 0) is 0 Å². The van der Waals surface area contributed by atoms with Crippen LogP contribution in [0.3, 0.4) is 0 Å². The number of hydrogen-bond donors (Lipinski definition) is 1. The van der Waals surface area contributed by atoms with E-state index in [0.29, 0.717) is 5.56 Å². The summed E-state index contributed by atoms with van der Waals surface area (Å²) in [5.74, 6) is -0.156. The molecular formula is C16H22FN. The van der Waals surface area contributed by atoms with E-state index in [1.54, 1.807) is 6.07 Å². The average Bonchev–Trinajstić information content (AvgIpc) is 2.28. The van der Waals surface area contributed by atoms with E-state index in [0.717, 1.165) is 30.4 Å². The summed E-state index contributed by atoms with van der Waals surface area (Å²) in [6.45, 7) is 3.86. The third-order valence-electron chi connectivity index (χ3n) is 3.72. The van der Waals surface area contributed by atoms with E-state index in [1.165, 1.54) is 18.4 Å². The third kappa shape index (κ3) is 2.99. The van der Waals surface area contributed by atoms with Crippen molar-refractivity contribution in [1.29, 1.82) is 0 Å². The van der Waals surface area contributed by atoms with E-state index in [9.17, 15) is 4.39 Å². The van der Waals surface area contributed by atoms with Crippen molar-refractivity contribution in [1.82, 2.24) is 0 Å². The van der Waals surface area contributed by atoms with Gasteiger partial charge in [0.15, 0.2) is 0 Å². The number of nitrogens with two attached hydrogens (primary N) is 1. The summed E-state index contributed by atoms with van der Waals surface area (Å²) < 4.78 is 14.0. The van der Waals surface area contributed by atoms with Crippen LogP contribution in [-0.4, -0.2) is 0 Å². The molecule has 0 aliphatic heterocycles. The van der Waals surface area contributed by atoms with Gasteiger partial charge in [-0.2, -0.15) is 0 Å². The molecule has 1 aliphatic rings. The Morgan fingerprint density at radius 1 is 1.28 bits per heavy atom. The van der Waals surface area contributed by atoms with Gasteiger partial charge in [-0.05, 0) is 63.1 Å². The summed E-state index contributed by atoms with van der Waals surface area (Å²) in [6.07, 6.45) is 7.87. The standard InChI is InChI=1S/C16H22FN/c1-11-8-12(2)16(14(17)9-11)15(18)10-13-6-4-3-5-7-13/h6,8-9,15H,3-5,7,10,18H2,1-2H3. The predicted octanol–water partition coefficient (Wildman–Crippen LogP) is 4.33. The van der Waals surface area contributed by atoms with Gasteiger partial charge < -0.3 is 5.73 Å². The lowest BCUT2D eigenvalue weighted by Gasteiger charge is -2.20. The molecule has 1 aromatic carbocycles. The third-order valence-corrected chi connectivity index (χ3v) is 3.72. The van der Waals surface area contributed by atoms with Crippen molar-refractivity contribution in [2.75, 3.05) is 0 Å². The normalized spacial score (nSPS) is 17.4. The van der Waals surface area contributed by atoms with Gasteiger partial charge in [0.25, 0.3) is 0 Å². The molecule has 1 unspecified atom stereocenters. The van der Waals surface area contributed by atoms with Crippen molar-refractivity contribution in [2.45, 2.75) is 52.0 Å². The molecule has 0 amide bonds. The molecule has 1 aliphatic carbocycles. The Kier molecular flexibility index (Phi) is 4.18. The topological polar surface area (TPSA) is 26.0 Å². The van der Waals surface area contributed by atoms with E-state index in [2.05, 4.69) is 6.08 Å². The molecule has 0 fully saturated rings. The average molecular weight is 247 g/mol. The molecule has 0 aromatic heterocycles. The van der Waals surface area contributed by atoms with Crippen molar-refractivity contribution in [3.63, 3.8) is 0 Å². The highest BCUT2D eigenvalue weighted by molar-refractivity contribution is 5.35. The number of rotatable bonds is 3. The van der Waals surface area contributed by atoms with Crippen LogP contribution in [0.15, 0.2) is 23.8 Å². The number of aryl methyl sites for hydroxylation is 2. The zero-order valence-electron chi connectivity index (χ0n) is 11.3. The molecule has 0 bridgehead atoms. The molecule has 0 saturated carbocycles. The molecule has 1 atom stereocenters. The van der Waals surface area contributed by atoms with E-state index in [-0.39, 0.29) is 11.9 Å². The second kappa shape index (κ2) is 5.66. The van der Waals surface area contributed by atoms with Crippen LogP contribution in [0, 0.1) is 19.7 Å². The number of halogens is 1. The second-order valence-corrected chi connectivity index (χ2v) is 5.40. The van der Waals surface area contributed by atoms with Crippen molar-refractivity contribution in [3.05, 3.63) is 46.3 Å². The lowest BCUT2D eigenvalue weighted by Crippen LogP contribution is -2.15. The fourth-order valence-corrected chi connectivity index (χ4v) is 2.87. The number of hydrogen-bond acceptors (Lipinski definition) is 1. The van der Waals surface area contributed by atoms with Crippen LogP contribution in [0.2, 0.25) is 0 Å². The highest BCUT2D eigenvalue weighted by Crippen LogP contribution is 2.29. The van der Waals surface area contributed by atoms with Crippen molar-refractivity contribution < 1.29 is 4.39 Å². The second-order valence-electron chi connectivity index (χ2n) is 5.40. The van der Waals surface area contributed by atoms with E-state index in [1.807, 2.05) is 19.9 Å². The van der Waals surface area contributed by atoms with Gasteiger partial charge in [0.05, 0.1) is 0 Å². The van der Waals surface area contributed by atoms with Crippen LogP contribution in [0.5, 0.6) is 0 Å². The minimum atomic E-state index is -0.213. The van der Waals surface area contributed by atoms with Crippen LogP contribution in [0.4, 0.5) is 4.39 Å². The summed E-state index contributed by atoms with van der Waals surface area (Å²) >= 11 is 0. The molecule has 2 heteroatoms. The SMILES string of the molecule is Cc1cc(C)c(C(N)CC2=CCCCC2)c(F)c1. The Morgan fingerprint density at radius 2 is 2.06 bits per heavy atom. The Morgan fingerprint density at radius 3 is 2.67 bits per heavy atom. The van der Waals surface area contributed by atoms with Crippen molar-refractivity contribution >= 4 is 0 Å². The number of allylic oxidation sites excluding steroid dienone is 1. The highest BCUT2D eigenvalue weighted by Gasteiger charge is 2.17. The fourth-order valence-electron chi connectivity index (χ4n) is 2.87.